The molecule has 0 aliphatic rings. The van der Waals surface area contributed by atoms with Gasteiger partial charge in [-0.1, -0.05) is 23.7 Å². The number of carbonyl (C=O) groups is 1. The van der Waals surface area contributed by atoms with Crippen LogP contribution in [-0.2, 0) is 6.54 Å². The first kappa shape index (κ1) is 17.7. The Balaban J connectivity index is 2.09. The van der Waals surface area contributed by atoms with Gasteiger partial charge in [0.05, 0.1) is 32.0 Å². The van der Waals surface area contributed by atoms with E-state index in [1.807, 2.05) is 0 Å². The maximum absolute atomic E-state index is 12.0. The third-order valence-electron chi connectivity index (χ3n) is 3.35. The average molecular weight is 351 g/mol. The summed E-state index contributed by atoms with van der Waals surface area (Å²) in [6.07, 6.45) is 0. The maximum atomic E-state index is 12.0. The van der Waals surface area contributed by atoms with Crippen LogP contribution in [0.2, 0.25) is 5.02 Å². The number of urea groups is 1. The molecule has 0 aliphatic heterocycles. The largest absolute Gasteiger partial charge is 0.493 e. The van der Waals surface area contributed by atoms with Gasteiger partial charge in [0.2, 0.25) is 5.75 Å². The van der Waals surface area contributed by atoms with Crippen LogP contribution >= 0.6 is 11.6 Å². The van der Waals surface area contributed by atoms with E-state index in [-0.39, 0.29) is 12.6 Å². The molecule has 2 amide bonds. The van der Waals surface area contributed by atoms with Crippen molar-refractivity contribution in [1.29, 1.82) is 0 Å². The Bertz CT molecular complexity index is 722. The molecule has 0 aliphatic carbocycles. The number of carbonyl (C=O) groups excluding carboxylic acids is 1. The number of ether oxygens (including phenoxy) is 3. The van der Waals surface area contributed by atoms with E-state index in [1.54, 1.807) is 43.5 Å². The first-order valence-corrected chi connectivity index (χ1v) is 7.55. The van der Waals surface area contributed by atoms with Crippen molar-refractivity contribution in [3.8, 4) is 17.2 Å². The Morgan fingerprint density at radius 1 is 1.00 bits per heavy atom. The third-order valence-corrected chi connectivity index (χ3v) is 3.68. The Labute approximate surface area is 145 Å². The first-order chi connectivity index (χ1) is 11.6. The minimum absolute atomic E-state index is 0.250. The Kier molecular flexibility index (Phi) is 6.14. The third kappa shape index (κ3) is 4.02. The zero-order valence-electron chi connectivity index (χ0n) is 13.7. The van der Waals surface area contributed by atoms with Gasteiger partial charge in [-0.05, 0) is 24.3 Å². The molecule has 0 bridgehead atoms. The van der Waals surface area contributed by atoms with E-state index in [0.717, 1.165) is 5.56 Å². The summed E-state index contributed by atoms with van der Waals surface area (Å²) in [5.41, 5.74) is 1.29. The first-order valence-electron chi connectivity index (χ1n) is 7.18. The number of amides is 2. The summed E-state index contributed by atoms with van der Waals surface area (Å²) in [4.78, 5) is 12.0. The molecule has 0 saturated carbocycles. The molecule has 24 heavy (non-hydrogen) atoms. The van der Waals surface area contributed by atoms with E-state index >= 15 is 0 Å². The fourth-order valence-electron chi connectivity index (χ4n) is 2.21. The van der Waals surface area contributed by atoms with Gasteiger partial charge < -0.3 is 24.8 Å². The molecule has 2 aromatic rings. The highest BCUT2D eigenvalue weighted by molar-refractivity contribution is 6.33. The standard InChI is InChI=1S/C17H19ClN2O4/c1-22-14-9-8-11(15(23-2)16(14)24-3)10-19-17(21)20-13-7-5-4-6-12(13)18/h4-9H,10H2,1-3H3,(H2,19,20,21). The monoisotopic (exact) mass is 350 g/mol. The van der Waals surface area contributed by atoms with Crippen LogP contribution in [0.3, 0.4) is 0 Å². The summed E-state index contributed by atoms with van der Waals surface area (Å²) >= 11 is 6.01. The van der Waals surface area contributed by atoms with E-state index in [1.165, 1.54) is 14.2 Å². The minimum Gasteiger partial charge on any atom is -0.493 e. The highest BCUT2D eigenvalue weighted by Crippen LogP contribution is 2.39. The van der Waals surface area contributed by atoms with Crippen molar-refractivity contribution in [3.63, 3.8) is 0 Å². The molecule has 0 atom stereocenters. The molecule has 2 aromatic carbocycles. The van der Waals surface area contributed by atoms with Crippen molar-refractivity contribution in [3.05, 3.63) is 47.0 Å². The number of halogens is 1. The van der Waals surface area contributed by atoms with Gasteiger partial charge in [-0.15, -0.1) is 0 Å². The van der Waals surface area contributed by atoms with Crippen molar-refractivity contribution in [2.75, 3.05) is 26.6 Å². The molecule has 0 heterocycles. The van der Waals surface area contributed by atoms with Crippen LogP contribution in [0.15, 0.2) is 36.4 Å². The predicted molar refractivity (Wildman–Crippen MR) is 93.4 cm³/mol. The molecule has 128 valence electrons. The summed E-state index contributed by atoms with van der Waals surface area (Å²) in [6, 6.07) is 10.2. The van der Waals surface area contributed by atoms with Crippen LogP contribution in [0.5, 0.6) is 17.2 Å². The topological polar surface area (TPSA) is 68.8 Å². The fraction of sp³-hybridized carbons (Fsp3) is 0.235. The lowest BCUT2D eigenvalue weighted by molar-refractivity contribution is 0.251. The van der Waals surface area contributed by atoms with Crippen LogP contribution in [-0.4, -0.2) is 27.4 Å². The molecule has 0 unspecified atom stereocenters. The van der Waals surface area contributed by atoms with E-state index < -0.39 is 0 Å². The normalized spacial score (nSPS) is 10.0. The molecule has 7 heteroatoms. The molecule has 0 aromatic heterocycles. The molecule has 6 nitrogen and oxygen atoms in total. The van der Waals surface area contributed by atoms with E-state index in [0.29, 0.717) is 28.0 Å². The van der Waals surface area contributed by atoms with Crippen molar-refractivity contribution in [2.45, 2.75) is 6.54 Å². The summed E-state index contributed by atoms with van der Waals surface area (Å²) in [6.45, 7) is 0.250. The molecule has 0 saturated heterocycles. The lowest BCUT2D eigenvalue weighted by Crippen LogP contribution is -2.28. The second-order valence-electron chi connectivity index (χ2n) is 4.78. The van der Waals surface area contributed by atoms with Crippen LogP contribution in [0, 0.1) is 0 Å². The average Bonchev–Trinajstić information content (AvgIpc) is 2.60. The van der Waals surface area contributed by atoms with Gasteiger partial charge in [-0.25, -0.2) is 4.79 Å². The highest BCUT2D eigenvalue weighted by atomic mass is 35.5. The Morgan fingerprint density at radius 2 is 1.71 bits per heavy atom. The van der Waals surface area contributed by atoms with Gasteiger partial charge in [0, 0.05) is 12.1 Å². The number of benzene rings is 2. The zero-order chi connectivity index (χ0) is 17.5. The van der Waals surface area contributed by atoms with Crippen LogP contribution in [0.25, 0.3) is 0 Å². The van der Waals surface area contributed by atoms with E-state index in [4.69, 9.17) is 25.8 Å². The number of para-hydroxylation sites is 1. The highest BCUT2D eigenvalue weighted by Gasteiger charge is 2.16. The van der Waals surface area contributed by atoms with Gasteiger partial charge in [-0.2, -0.15) is 0 Å². The molecule has 2 N–H and O–H groups in total. The second kappa shape index (κ2) is 8.31. The van der Waals surface area contributed by atoms with Gasteiger partial charge >= 0.3 is 6.03 Å². The smallest absolute Gasteiger partial charge is 0.319 e. The minimum atomic E-state index is -0.375. The van der Waals surface area contributed by atoms with Gasteiger partial charge in [-0.3, -0.25) is 0 Å². The SMILES string of the molecule is COc1ccc(CNC(=O)Nc2ccccc2Cl)c(OC)c1OC. The molecule has 0 spiro atoms. The molecule has 2 rings (SSSR count). The van der Waals surface area contributed by atoms with E-state index in [2.05, 4.69) is 10.6 Å². The molecular weight excluding hydrogens is 332 g/mol. The Morgan fingerprint density at radius 3 is 2.33 bits per heavy atom. The van der Waals surface area contributed by atoms with Gasteiger partial charge in [0.15, 0.2) is 11.5 Å². The lowest BCUT2D eigenvalue weighted by Gasteiger charge is -2.16. The summed E-state index contributed by atoms with van der Waals surface area (Å²) in [5, 5.41) is 5.91. The predicted octanol–water partition coefficient (Wildman–Crippen LogP) is 3.69. The van der Waals surface area contributed by atoms with Crippen LogP contribution < -0.4 is 24.8 Å². The van der Waals surface area contributed by atoms with Gasteiger partial charge in [0.1, 0.15) is 0 Å². The number of hydrogen-bond donors (Lipinski definition) is 2. The Hall–Kier alpha value is -2.60. The fourth-order valence-corrected chi connectivity index (χ4v) is 2.39. The summed E-state index contributed by atoms with van der Waals surface area (Å²) < 4.78 is 15.9. The molecule has 0 radical (unpaired) electrons. The quantitative estimate of drug-likeness (QED) is 0.833. The number of anilines is 1. The number of rotatable bonds is 6. The van der Waals surface area contributed by atoms with E-state index in [9.17, 15) is 4.79 Å². The summed E-state index contributed by atoms with van der Waals surface area (Å²) in [7, 11) is 4.61. The molecule has 0 fully saturated rings. The van der Waals surface area contributed by atoms with Crippen molar-refractivity contribution < 1.29 is 19.0 Å². The number of hydrogen-bond acceptors (Lipinski definition) is 4. The zero-order valence-corrected chi connectivity index (χ0v) is 14.4. The molecular formula is C17H19ClN2O4. The van der Waals surface area contributed by atoms with Gasteiger partial charge in [0.25, 0.3) is 0 Å². The maximum Gasteiger partial charge on any atom is 0.319 e. The van der Waals surface area contributed by atoms with Crippen LogP contribution in [0.1, 0.15) is 5.56 Å². The van der Waals surface area contributed by atoms with Crippen molar-refractivity contribution in [1.82, 2.24) is 5.32 Å². The number of nitrogens with one attached hydrogen (secondary N) is 2. The second-order valence-corrected chi connectivity index (χ2v) is 5.19. The summed E-state index contributed by atoms with van der Waals surface area (Å²) in [5.74, 6) is 1.54. The number of methoxy groups -OCH3 is 3. The van der Waals surface area contributed by atoms with Crippen molar-refractivity contribution in [2.24, 2.45) is 0 Å². The van der Waals surface area contributed by atoms with Crippen molar-refractivity contribution >= 4 is 23.3 Å². The van der Waals surface area contributed by atoms with Crippen LogP contribution in [0.4, 0.5) is 10.5 Å². The lowest BCUT2D eigenvalue weighted by atomic mass is 10.1.